The lowest BCUT2D eigenvalue weighted by Crippen LogP contribution is -2.40. The van der Waals surface area contributed by atoms with Gasteiger partial charge >= 0.3 is 0 Å². The number of aromatic nitrogens is 2. The lowest BCUT2D eigenvalue weighted by atomic mass is 9.97. The van der Waals surface area contributed by atoms with Crippen LogP contribution in [0.25, 0.3) is 11.0 Å². The summed E-state index contributed by atoms with van der Waals surface area (Å²) in [6.07, 6.45) is 3.27. The van der Waals surface area contributed by atoms with Gasteiger partial charge in [-0.2, -0.15) is 0 Å². The minimum atomic E-state index is 0.291. The van der Waals surface area contributed by atoms with Crippen molar-refractivity contribution in [3.63, 3.8) is 0 Å². The number of amides is 1. The predicted octanol–water partition coefficient (Wildman–Crippen LogP) is 2.92. The number of nitrogens with one attached hydrogen (secondary N) is 1. The molecule has 4 nitrogen and oxygen atoms in total. The lowest BCUT2D eigenvalue weighted by molar-refractivity contribution is -0.134. The number of imidazole rings is 1. The molecular formula is C17H21N3O. The summed E-state index contributed by atoms with van der Waals surface area (Å²) in [5.41, 5.74) is 2.11. The Kier molecular flexibility index (Phi) is 2.98. The quantitative estimate of drug-likeness (QED) is 0.921. The first-order chi connectivity index (χ1) is 10.2. The summed E-state index contributed by atoms with van der Waals surface area (Å²) in [7, 11) is 0. The number of benzene rings is 1. The summed E-state index contributed by atoms with van der Waals surface area (Å²) in [4.78, 5) is 22.6. The van der Waals surface area contributed by atoms with Gasteiger partial charge in [-0.25, -0.2) is 4.98 Å². The maximum absolute atomic E-state index is 12.4. The van der Waals surface area contributed by atoms with Gasteiger partial charge < -0.3 is 9.88 Å². The van der Waals surface area contributed by atoms with Gasteiger partial charge in [0.1, 0.15) is 5.82 Å². The Bertz CT molecular complexity index is 644. The number of hydrogen-bond acceptors (Lipinski definition) is 2. The predicted molar refractivity (Wildman–Crippen MR) is 81.9 cm³/mol. The molecule has 0 radical (unpaired) electrons. The van der Waals surface area contributed by atoms with Crippen LogP contribution in [-0.2, 0) is 4.79 Å². The van der Waals surface area contributed by atoms with Crippen molar-refractivity contribution >= 4 is 16.9 Å². The summed E-state index contributed by atoms with van der Waals surface area (Å²) in [6.45, 7) is 3.91. The van der Waals surface area contributed by atoms with Gasteiger partial charge in [0.2, 0.25) is 5.91 Å². The molecule has 0 bridgehead atoms. The molecule has 1 N–H and O–H groups in total. The molecule has 4 heteroatoms. The van der Waals surface area contributed by atoms with Gasteiger partial charge in [0, 0.05) is 24.9 Å². The molecular weight excluding hydrogens is 262 g/mol. The number of fused-ring (bicyclic) bond motifs is 1. The van der Waals surface area contributed by atoms with Crippen LogP contribution < -0.4 is 0 Å². The summed E-state index contributed by atoms with van der Waals surface area (Å²) in [6, 6.07) is 8.13. The van der Waals surface area contributed by atoms with Crippen molar-refractivity contribution < 1.29 is 4.79 Å². The molecule has 2 fully saturated rings. The molecule has 2 heterocycles. The molecule has 0 spiro atoms. The molecule has 110 valence electrons. The Balaban J connectivity index is 1.53. The first-order valence-corrected chi connectivity index (χ1v) is 7.96. The van der Waals surface area contributed by atoms with Gasteiger partial charge in [-0.05, 0) is 37.3 Å². The number of nitrogens with zero attached hydrogens (tertiary/aromatic N) is 2. The summed E-state index contributed by atoms with van der Waals surface area (Å²) in [5, 5.41) is 0. The topological polar surface area (TPSA) is 49.0 Å². The smallest absolute Gasteiger partial charge is 0.225 e. The number of H-pyrrole nitrogens is 1. The SMILES string of the molecule is CC1CC1C(=O)N1CCCC(c2nc3ccccc3[nH]2)C1. The van der Waals surface area contributed by atoms with Gasteiger partial charge in [0.05, 0.1) is 11.0 Å². The van der Waals surface area contributed by atoms with E-state index in [4.69, 9.17) is 4.98 Å². The van der Waals surface area contributed by atoms with Crippen LogP contribution in [0.2, 0.25) is 0 Å². The molecule has 1 saturated carbocycles. The van der Waals surface area contributed by atoms with Crippen molar-refractivity contribution in [1.82, 2.24) is 14.9 Å². The molecule has 1 saturated heterocycles. The lowest BCUT2D eigenvalue weighted by Gasteiger charge is -2.32. The van der Waals surface area contributed by atoms with Crippen molar-refractivity contribution in [2.24, 2.45) is 11.8 Å². The average Bonchev–Trinajstić information content (AvgIpc) is 3.09. The fourth-order valence-corrected chi connectivity index (χ4v) is 3.47. The van der Waals surface area contributed by atoms with Crippen molar-refractivity contribution in [3.8, 4) is 0 Å². The fourth-order valence-electron chi connectivity index (χ4n) is 3.47. The number of likely N-dealkylation sites (tertiary alicyclic amines) is 1. The highest BCUT2D eigenvalue weighted by Crippen LogP contribution is 2.40. The largest absolute Gasteiger partial charge is 0.342 e. The maximum atomic E-state index is 12.4. The Morgan fingerprint density at radius 1 is 1.38 bits per heavy atom. The number of carbonyl (C=O) groups is 1. The molecule has 1 aliphatic carbocycles. The van der Waals surface area contributed by atoms with E-state index in [1.165, 1.54) is 0 Å². The van der Waals surface area contributed by atoms with Gasteiger partial charge in [-0.1, -0.05) is 19.1 Å². The Morgan fingerprint density at radius 2 is 2.19 bits per heavy atom. The van der Waals surface area contributed by atoms with E-state index in [1.807, 2.05) is 18.2 Å². The molecule has 4 rings (SSSR count). The highest BCUT2D eigenvalue weighted by molar-refractivity contribution is 5.81. The molecule has 3 unspecified atom stereocenters. The van der Waals surface area contributed by atoms with Gasteiger partial charge in [0.25, 0.3) is 0 Å². The number of aromatic amines is 1. The molecule has 21 heavy (non-hydrogen) atoms. The van der Waals surface area contributed by atoms with Crippen molar-refractivity contribution in [1.29, 1.82) is 0 Å². The van der Waals surface area contributed by atoms with E-state index < -0.39 is 0 Å². The van der Waals surface area contributed by atoms with Crippen LogP contribution in [0.15, 0.2) is 24.3 Å². The first kappa shape index (κ1) is 12.9. The molecule has 2 aromatic rings. The zero-order chi connectivity index (χ0) is 14.4. The fraction of sp³-hybridized carbons (Fsp3) is 0.529. The molecule has 1 aromatic heterocycles. The molecule has 3 atom stereocenters. The highest BCUT2D eigenvalue weighted by Gasteiger charge is 2.42. The minimum absolute atomic E-state index is 0.291. The summed E-state index contributed by atoms with van der Waals surface area (Å²) >= 11 is 0. The van der Waals surface area contributed by atoms with Crippen molar-refractivity contribution in [3.05, 3.63) is 30.1 Å². The summed E-state index contributed by atoms with van der Waals surface area (Å²) in [5.74, 6) is 2.63. The third-order valence-corrected chi connectivity index (χ3v) is 4.95. The van der Waals surface area contributed by atoms with Crippen molar-refractivity contribution in [2.45, 2.75) is 32.1 Å². The number of hydrogen-bond donors (Lipinski definition) is 1. The van der Waals surface area contributed by atoms with Gasteiger partial charge in [0.15, 0.2) is 0 Å². The van der Waals surface area contributed by atoms with E-state index >= 15 is 0 Å². The van der Waals surface area contributed by atoms with Gasteiger partial charge in [-0.3, -0.25) is 4.79 Å². The second-order valence-electron chi connectivity index (χ2n) is 6.58. The van der Waals surface area contributed by atoms with E-state index in [0.717, 1.165) is 49.2 Å². The van der Waals surface area contributed by atoms with E-state index in [-0.39, 0.29) is 0 Å². The van der Waals surface area contributed by atoms with Crippen LogP contribution in [0.4, 0.5) is 0 Å². The Labute approximate surface area is 124 Å². The number of piperidine rings is 1. The summed E-state index contributed by atoms with van der Waals surface area (Å²) < 4.78 is 0. The monoisotopic (exact) mass is 283 g/mol. The van der Waals surface area contributed by atoms with E-state index in [9.17, 15) is 4.79 Å². The second kappa shape index (κ2) is 4.86. The van der Waals surface area contributed by atoms with E-state index in [0.29, 0.717) is 23.7 Å². The van der Waals surface area contributed by atoms with Crippen LogP contribution >= 0.6 is 0 Å². The van der Waals surface area contributed by atoms with E-state index in [1.54, 1.807) is 0 Å². The number of rotatable bonds is 2. The maximum Gasteiger partial charge on any atom is 0.225 e. The van der Waals surface area contributed by atoms with Crippen molar-refractivity contribution in [2.75, 3.05) is 13.1 Å². The number of para-hydroxylation sites is 2. The normalized spacial score (nSPS) is 28.8. The molecule has 1 amide bonds. The standard InChI is InChI=1S/C17H21N3O/c1-11-9-13(11)17(21)20-8-4-5-12(10-20)16-18-14-6-2-3-7-15(14)19-16/h2-3,6-7,11-13H,4-5,8-10H2,1H3,(H,18,19). The third-order valence-electron chi connectivity index (χ3n) is 4.95. The second-order valence-corrected chi connectivity index (χ2v) is 6.58. The van der Waals surface area contributed by atoms with Crippen LogP contribution in [-0.4, -0.2) is 33.9 Å². The van der Waals surface area contributed by atoms with Crippen LogP contribution in [0.5, 0.6) is 0 Å². The third kappa shape index (κ3) is 2.33. The molecule has 1 aromatic carbocycles. The Morgan fingerprint density at radius 3 is 2.95 bits per heavy atom. The highest BCUT2D eigenvalue weighted by atomic mass is 16.2. The van der Waals surface area contributed by atoms with Crippen LogP contribution in [0, 0.1) is 11.8 Å². The zero-order valence-electron chi connectivity index (χ0n) is 12.4. The first-order valence-electron chi connectivity index (χ1n) is 7.96. The van der Waals surface area contributed by atoms with E-state index in [2.05, 4.69) is 22.9 Å². The van der Waals surface area contributed by atoms with Gasteiger partial charge in [-0.15, -0.1) is 0 Å². The Hall–Kier alpha value is -1.84. The molecule has 1 aliphatic heterocycles. The average molecular weight is 283 g/mol. The minimum Gasteiger partial charge on any atom is -0.342 e. The molecule has 2 aliphatic rings. The zero-order valence-corrected chi connectivity index (χ0v) is 12.4. The van der Waals surface area contributed by atoms with Crippen LogP contribution in [0.3, 0.4) is 0 Å². The number of carbonyl (C=O) groups excluding carboxylic acids is 1. The van der Waals surface area contributed by atoms with Crippen LogP contribution in [0.1, 0.15) is 37.9 Å².